The van der Waals surface area contributed by atoms with E-state index in [4.69, 9.17) is 0 Å². The molecule has 0 fully saturated rings. The van der Waals surface area contributed by atoms with Crippen molar-refractivity contribution in [2.45, 2.75) is 0 Å². The van der Waals surface area contributed by atoms with Crippen LogP contribution in [0.5, 0.6) is 0 Å². The lowest BCUT2D eigenvalue weighted by Crippen LogP contribution is -1.98. The van der Waals surface area contributed by atoms with Crippen molar-refractivity contribution in [2.75, 3.05) is 0 Å². The second-order valence-corrected chi connectivity index (χ2v) is 12.3. The summed E-state index contributed by atoms with van der Waals surface area (Å²) >= 11 is 1.79. The fourth-order valence-corrected chi connectivity index (χ4v) is 7.92. The molecule has 5 nitrogen and oxygen atoms in total. The van der Waals surface area contributed by atoms with Crippen LogP contribution in [0.4, 0.5) is 0 Å². The Morgan fingerprint density at radius 2 is 0.911 bits per heavy atom. The highest BCUT2D eigenvalue weighted by molar-refractivity contribution is 7.25. The van der Waals surface area contributed by atoms with Crippen LogP contribution in [-0.2, 0) is 0 Å². The molecule has 0 aliphatic heterocycles. The van der Waals surface area contributed by atoms with Gasteiger partial charge in [0, 0.05) is 53.1 Å². The minimum atomic E-state index is 0.576. The van der Waals surface area contributed by atoms with Gasteiger partial charge >= 0.3 is 0 Å². The molecule has 0 atom stereocenters. The minimum absolute atomic E-state index is 0.576. The third-order valence-electron chi connectivity index (χ3n) is 8.76. The Kier molecular flexibility index (Phi) is 5.20. The molecule has 3 aromatic heterocycles. The van der Waals surface area contributed by atoms with Crippen molar-refractivity contribution < 1.29 is 0 Å². The largest absolute Gasteiger partial charge is 0.309 e. The monoisotopic (exact) mass is 589 g/mol. The van der Waals surface area contributed by atoms with Crippen molar-refractivity contribution in [3.8, 4) is 29.6 Å². The van der Waals surface area contributed by atoms with E-state index in [0.717, 1.165) is 55.0 Å². The van der Waals surface area contributed by atoms with E-state index >= 15 is 0 Å². The summed E-state index contributed by atoms with van der Waals surface area (Å²) in [5, 5.41) is 35.5. The first-order valence-corrected chi connectivity index (χ1v) is 15.3. The van der Waals surface area contributed by atoms with Gasteiger partial charge in [-0.05, 0) is 91.0 Å². The lowest BCUT2D eigenvalue weighted by molar-refractivity contribution is 1.13. The zero-order chi connectivity index (χ0) is 30.2. The number of fused-ring (bicyclic) bond motifs is 9. The van der Waals surface area contributed by atoms with Crippen LogP contribution in [0, 0.1) is 34.0 Å². The fourth-order valence-electron chi connectivity index (χ4n) is 6.80. The van der Waals surface area contributed by atoms with E-state index in [0.29, 0.717) is 16.7 Å². The molecule has 6 heteroatoms. The van der Waals surface area contributed by atoms with E-state index in [-0.39, 0.29) is 0 Å². The zero-order valence-corrected chi connectivity index (χ0v) is 24.4. The maximum Gasteiger partial charge on any atom is 0.0991 e. The molecule has 0 amide bonds. The highest BCUT2D eigenvalue weighted by Crippen LogP contribution is 2.41. The van der Waals surface area contributed by atoms with Crippen LogP contribution in [0.3, 0.4) is 0 Å². The van der Waals surface area contributed by atoms with Gasteiger partial charge in [-0.25, -0.2) is 0 Å². The molecule has 9 rings (SSSR count). The number of rotatable bonds is 2. The molecule has 0 N–H and O–H groups in total. The third kappa shape index (κ3) is 3.57. The first-order valence-electron chi connectivity index (χ1n) is 14.4. The average Bonchev–Trinajstić information content (AvgIpc) is 3.73. The standard InChI is InChI=1S/C39H19N5S/c40-20-23-8-11-34-29(14-23)30-15-24(21-41)9-12-35(30)43(34)26-4-3-5-27(17-26)44-36-13-10-25(22-42)16-31(36)32-18-33-28-6-1-2-7-38(28)45-39(33)19-37(32)44/h1-19H. The minimum Gasteiger partial charge on any atom is -0.309 e. The maximum atomic E-state index is 9.76. The molecule has 0 bridgehead atoms. The van der Waals surface area contributed by atoms with Crippen molar-refractivity contribution in [1.82, 2.24) is 9.13 Å². The Hall–Kier alpha value is -6.39. The Morgan fingerprint density at radius 3 is 1.47 bits per heavy atom. The third-order valence-corrected chi connectivity index (χ3v) is 9.90. The van der Waals surface area contributed by atoms with Crippen LogP contribution in [0.25, 0.3) is 75.2 Å². The van der Waals surface area contributed by atoms with Gasteiger partial charge in [0.25, 0.3) is 0 Å². The first kappa shape index (κ1) is 25.1. The Labute approximate surface area is 260 Å². The second-order valence-electron chi connectivity index (χ2n) is 11.2. The molecule has 9 aromatic rings. The normalized spacial score (nSPS) is 11.5. The second kappa shape index (κ2) is 9.30. The Bertz CT molecular complexity index is 2790. The van der Waals surface area contributed by atoms with E-state index in [1.807, 2.05) is 54.6 Å². The lowest BCUT2D eigenvalue weighted by atomic mass is 10.1. The van der Waals surface area contributed by atoms with Gasteiger partial charge in [-0.15, -0.1) is 11.3 Å². The summed E-state index contributed by atoms with van der Waals surface area (Å²) in [4.78, 5) is 0. The van der Waals surface area contributed by atoms with Gasteiger partial charge in [0.05, 0.1) is 57.0 Å². The molecule has 0 aliphatic rings. The summed E-state index contributed by atoms with van der Waals surface area (Å²) in [7, 11) is 0. The van der Waals surface area contributed by atoms with Gasteiger partial charge in [0.2, 0.25) is 0 Å². The van der Waals surface area contributed by atoms with Crippen molar-refractivity contribution >= 4 is 75.1 Å². The average molecular weight is 590 g/mol. The van der Waals surface area contributed by atoms with E-state index in [1.165, 1.54) is 20.2 Å². The van der Waals surface area contributed by atoms with Gasteiger partial charge in [0.1, 0.15) is 0 Å². The van der Waals surface area contributed by atoms with Crippen molar-refractivity contribution in [3.63, 3.8) is 0 Å². The first-order chi connectivity index (χ1) is 22.1. The van der Waals surface area contributed by atoms with E-state index in [2.05, 4.69) is 88.0 Å². The summed E-state index contributed by atoms with van der Waals surface area (Å²) in [6.45, 7) is 0. The van der Waals surface area contributed by atoms with Gasteiger partial charge in [-0.1, -0.05) is 24.3 Å². The highest BCUT2D eigenvalue weighted by Gasteiger charge is 2.18. The molecule has 0 unspecified atom stereocenters. The number of aromatic nitrogens is 2. The predicted molar refractivity (Wildman–Crippen MR) is 182 cm³/mol. The summed E-state index contributed by atoms with van der Waals surface area (Å²) in [5.74, 6) is 0. The SMILES string of the molecule is N#Cc1ccc2c(c1)c1cc(C#N)ccc1n2-c1cccc(-n2c3ccc(C#N)cc3c3cc4c(cc32)sc2ccccc24)c1. The van der Waals surface area contributed by atoms with Crippen molar-refractivity contribution in [3.05, 3.63) is 132 Å². The molecule has 45 heavy (non-hydrogen) atoms. The van der Waals surface area contributed by atoms with Crippen LogP contribution in [0.1, 0.15) is 16.7 Å². The molecule has 6 aromatic carbocycles. The number of benzene rings is 6. The number of hydrogen-bond acceptors (Lipinski definition) is 4. The Balaban J connectivity index is 1.35. The molecule has 0 saturated heterocycles. The van der Waals surface area contributed by atoms with Crippen LogP contribution < -0.4 is 0 Å². The molecule has 3 heterocycles. The summed E-state index contributed by atoms with van der Waals surface area (Å²) in [6, 6.07) is 45.7. The van der Waals surface area contributed by atoms with Gasteiger partial charge in [-0.2, -0.15) is 15.8 Å². The molecule has 0 saturated carbocycles. The van der Waals surface area contributed by atoms with E-state index < -0.39 is 0 Å². The number of hydrogen-bond donors (Lipinski definition) is 0. The molecule has 0 radical (unpaired) electrons. The molecular weight excluding hydrogens is 571 g/mol. The molecule has 0 spiro atoms. The zero-order valence-electron chi connectivity index (χ0n) is 23.6. The quantitative estimate of drug-likeness (QED) is 0.201. The lowest BCUT2D eigenvalue weighted by Gasteiger charge is -2.13. The van der Waals surface area contributed by atoms with Crippen molar-refractivity contribution in [2.24, 2.45) is 0 Å². The number of thiophene rings is 1. The summed E-state index contributed by atoms with van der Waals surface area (Å²) < 4.78 is 6.95. The van der Waals surface area contributed by atoms with Crippen LogP contribution in [0.2, 0.25) is 0 Å². The topological polar surface area (TPSA) is 81.2 Å². The van der Waals surface area contributed by atoms with Crippen molar-refractivity contribution in [1.29, 1.82) is 15.8 Å². The van der Waals surface area contributed by atoms with E-state index in [9.17, 15) is 15.8 Å². The van der Waals surface area contributed by atoms with E-state index in [1.54, 1.807) is 11.3 Å². The summed E-state index contributed by atoms with van der Waals surface area (Å²) in [5.41, 5.74) is 7.78. The smallest absolute Gasteiger partial charge is 0.0991 e. The van der Waals surface area contributed by atoms with Gasteiger partial charge in [0.15, 0.2) is 0 Å². The van der Waals surface area contributed by atoms with Crippen LogP contribution in [-0.4, -0.2) is 9.13 Å². The summed E-state index contributed by atoms with van der Waals surface area (Å²) in [6.07, 6.45) is 0. The predicted octanol–water partition coefficient (Wildman–Crippen LogP) is 9.86. The number of nitrogens with zero attached hydrogens (tertiary/aromatic N) is 5. The fraction of sp³-hybridized carbons (Fsp3) is 0. The maximum absolute atomic E-state index is 9.76. The van der Waals surface area contributed by atoms with Crippen LogP contribution in [0.15, 0.2) is 115 Å². The van der Waals surface area contributed by atoms with Crippen LogP contribution >= 0.6 is 11.3 Å². The van der Waals surface area contributed by atoms with Gasteiger partial charge < -0.3 is 9.13 Å². The molecular formula is C39H19N5S. The number of nitriles is 3. The molecule has 0 aliphatic carbocycles. The van der Waals surface area contributed by atoms with Gasteiger partial charge in [-0.3, -0.25) is 0 Å². The highest BCUT2D eigenvalue weighted by atomic mass is 32.1. The Morgan fingerprint density at radius 1 is 0.400 bits per heavy atom. The molecule has 206 valence electrons.